The van der Waals surface area contributed by atoms with Crippen molar-refractivity contribution in [1.82, 2.24) is 4.98 Å². The molecule has 0 unspecified atom stereocenters. The van der Waals surface area contributed by atoms with E-state index < -0.39 is 0 Å². The Morgan fingerprint density at radius 1 is 1.23 bits per heavy atom. The first-order valence-electron chi connectivity index (χ1n) is 10.4. The molecule has 1 aromatic carbocycles. The number of pyridine rings is 1. The summed E-state index contributed by atoms with van der Waals surface area (Å²) in [7, 11) is 0. The number of rotatable bonds is 6. The van der Waals surface area contributed by atoms with Gasteiger partial charge in [-0.25, -0.2) is 9.98 Å². The van der Waals surface area contributed by atoms with Crippen LogP contribution in [0.25, 0.3) is 0 Å². The minimum atomic E-state index is 0.496. The zero-order valence-corrected chi connectivity index (χ0v) is 19.1. The molecular weight excluding hydrogens is 384 g/mol. The van der Waals surface area contributed by atoms with Crippen molar-refractivity contribution < 1.29 is 4.74 Å². The van der Waals surface area contributed by atoms with Crippen LogP contribution in [0.2, 0.25) is 0 Å². The quantitative estimate of drug-likeness (QED) is 0.542. The van der Waals surface area contributed by atoms with E-state index in [-0.39, 0.29) is 0 Å². The molecule has 3 rings (SSSR count). The van der Waals surface area contributed by atoms with Gasteiger partial charge in [0.25, 0.3) is 0 Å². The van der Waals surface area contributed by atoms with Gasteiger partial charge in [0.1, 0.15) is 12.3 Å². The smallest absolute Gasteiger partial charge is 0.216 e. The van der Waals surface area contributed by atoms with Crippen molar-refractivity contribution in [2.24, 2.45) is 10.7 Å². The molecule has 0 saturated carbocycles. The largest absolute Gasteiger partial charge is 0.473 e. The van der Waals surface area contributed by atoms with E-state index in [0.29, 0.717) is 19.0 Å². The average molecular weight is 419 g/mol. The number of allylic oxidation sites excluding steroid dienone is 4. The standard InChI is InChI=1S/C22H23N3O.C2H5N.C2H6/c1-4-6-12-18(5-2)20-14-23-19-13-21(24-16(3)22(19)25-20)26-15-17-10-8-7-9-11-17;1-2-3;1-2/h4-13,23H,1,14-15H2,2-3H3;2H,1,3H2;1-2H3/b12-6-,18-5+;;. The van der Waals surface area contributed by atoms with E-state index in [0.717, 1.165) is 33.9 Å². The van der Waals surface area contributed by atoms with Crippen LogP contribution in [0.15, 0.2) is 90.6 Å². The summed E-state index contributed by atoms with van der Waals surface area (Å²) in [5.41, 5.74) is 10.5. The van der Waals surface area contributed by atoms with Crippen LogP contribution in [0.1, 0.15) is 32.0 Å². The molecule has 31 heavy (non-hydrogen) atoms. The third kappa shape index (κ3) is 7.97. The molecule has 0 spiro atoms. The summed E-state index contributed by atoms with van der Waals surface area (Å²) in [6.07, 6.45) is 8.99. The lowest BCUT2D eigenvalue weighted by atomic mass is 10.1. The van der Waals surface area contributed by atoms with Crippen LogP contribution in [0.4, 0.5) is 11.4 Å². The zero-order valence-electron chi connectivity index (χ0n) is 19.1. The Hall–Kier alpha value is -3.60. The fourth-order valence-electron chi connectivity index (χ4n) is 2.77. The molecule has 0 aliphatic carbocycles. The number of hydrogen-bond donors (Lipinski definition) is 2. The third-order valence-electron chi connectivity index (χ3n) is 4.12. The van der Waals surface area contributed by atoms with Crippen LogP contribution in [0.3, 0.4) is 0 Å². The van der Waals surface area contributed by atoms with Crippen molar-refractivity contribution >= 4 is 17.1 Å². The van der Waals surface area contributed by atoms with Crippen LogP contribution < -0.4 is 15.8 Å². The lowest BCUT2D eigenvalue weighted by Gasteiger charge is -2.20. The highest BCUT2D eigenvalue weighted by atomic mass is 16.5. The molecule has 0 atom stereocenters. The highest BCUT2D eigenvalue weighted by Crippen LogP contribution is 2.34. The van der Waals surface area contributed by atoms with Crippen LogP contribution in [0, 0.1) is 6.92 Å². The fraction of sp³-hybridized carbons (Fsp3) is 0.231. The first-order chi connectivity index (χ1) is 15.1. The molecule has 5 heteroatoms. The lowest BCUT2D eigenvalue weighted by Crippen LogP contribution is -2.19. The van der Waals surface area contributed by atoms with Crippen LogP contribution in [0.5, 0.6) is 5.88 Å². The second-order valence-electron chi connectivity index (χ2n) is 6.20. The average Bonchev–Trinajstić information content (AvgIpc) is 2.81. The minimum absolute atomic E-state index is 0.496. The van der Waals surface area contributed by atoms with Gasteiger partial charge >= 0.3 is 0 Å². The number of fused-ring (bicyclic) bond motifs is 1. The minimum Gasteiger partial charge on any atom is -0.473 e. The number of nitrogens with zero attached hydrogens (tertiary/aromatic N) is 2. The topological polar surface area (TPSA) is 72.5 Å². The number of ether oxygens (including phenoxy) is 1. The summed E-state index contributed by atoms with van der Waals surface area (Å²) in [5.74, 6) is 0.606. The van der Waals surface area contributed by atoms with E-state index >= 15 is 0 Å². The van der Waals surface area contributed by atoms with Gasteiger partial charge in [0.05, 0.1) is 23.6 Å². The molecule has 0 fully saturated rings. The maximum absolute atomic E-state index is 5.85. The molecule has 0 amide bonds. The number of aliphatic imine (C=N–C) groups is 1. The summed E-state index contributed by atoms with van der Waals surface area (Å²) >= 11 is 0. The molecule has 0 saturated heterocycles. The number of nitrogens with one attached hydrogen (secondary N) is 1. The second kappa shape index (κ2) is 14.4. The van der Waals surface area contributed by atoms with E-state index in [2.05, 4.69) is 29.2 Å². The van der Waals surface area contributed by atoms with Gasteiger partial charge < -0.3 is 15.8 Å². The lowest BCUT2D eigenvalue weighted by molar-refractivity contribution is 0.293. The second-order valence-corrected chi connectivity index (χ2v) is 6.20. The molecule has 164 valence electrons. The van der Waals surface area contributed by atoms with Gasteiger partial charge in [-0.1, -0.05) is 81.6 Å². The Kier molecular flexibility index (Phi) is 11.8. The molecule has 1 aliphatic heterocycles. The Labute approximate surface area is 186 Å². The molecule has 3 N–H and O–H groups in total. The molecular formula is C26H34N4O. The number of aromatic nitrogens is 1. The predicted molar refractivity (Wildman–Crippen MR) is 134 cm³/mol. The Balaban J connectivity index is 0.000000884. The van der Waals surface area contributed by atoms with Gasteiger partial charge in [0, 0.05) is 6.07 Å². The molecule has 0 bridgehead atoms. The maximum Gasteiger partial charge on any atom is 0.216 e. The van der Waals surface area contributed by atoms with Gasteiger partial charge in [-0.2, -0.15) is 0 Å². The Bertz CT molecular complexity index is 928. The summed E-state index contributed by atoms with van der Waals surface area (Å²) < 4.78 is 5.85. The summed E-state index contributed by atoms with van der Waals surface area (Å²) in [6, 6.07) is 12.0. The van der Waals surface area contributed by atoms with Crippen LogP contribution >= 0.6 is 0 Å². The first kappa shape index (κ1) is 25.4. The number of aryl methyl sites for hydroxylation is 1. The van der Waals surface area contributed by atoms with Gasteiger partial charge in [-0.05, 0) is 31.2 Å². The normalized spacial score (nSPS) is 12.1. The zero-order chi connectivity index (χ0) is 23.1. The highest BCUT2D eigenvalue weighted by Gasteiger charge is 2.17. The molecule has 0 radical (unpaired) electrons. The first-order valence-corrected chi connectivity index (χ1v) is 10.4. The van der Waals surface area contributed by atoms with E-state index in [4.69, 9.17) is 9.73 Å². The summed E-state index contributed by atoms with van der Waals surface area (Å²) in [6.45, 7) is 16.0. The molecule has 1 aromatic heterocycles. The van der Waals surface area contributed by atoms with Crippen molar-refractivity contribution in [2.75, 3.05) is 11.9 Å². The third-order valence-corrected chi connectivity index (χ3v) is 4.12. The molecule has 2 heterocycles. The SMILES string of the molecule is C=C/C=C\C(=C/C)C1=Nc2c(cc(OCc3ccccc3)nc2C)NC1.C=CN.CC. The molecule has 2 aromatic rings. The highest BCUT2D eigenvalue weighted by molar-refractivity contribution is 6.08. The van der Waals surface area contributed by atoms with Crippen LogP contribution in [-0.4, -0.2) is 17.2 Å². The number of anilines is 1. The van der Waals surface area contributed by atoms with Crippen molar-refractivity contribution in [3.63, 3.8) is 0 Å². The van der Waals surface area contributed by atoms with Crippen molar-refractivity contribution in [3.05, 3.63) is 96.9 Å². The Morgan fingerprint density at radius 3 is 2.52 bits per heavy atom. The fourth-order valence-corrected chi connectivity index (χ4v) is 2.77. The van der Waals surface area contributed by atoms with Gasteiger partial charge in [-0.15, -0.1) is 0 Å². The maximum atomic E-state index is 5.85. The van der Waals surface area contributed by atoms with Crippen molar-refractivity contribution in [2.45, 2.75) is 34.3 Å². The number of nitrogens with two attached hydrogens (primary N) is 1. The van der Waals surface area contributed by atoms with Crippen LogP contribution in [-0.2, 0) is 6.61 Å². The van der Waals surface area contributed by atoms with E-state index in [1.54, 1.807) is 6.08 Å². The Morgan fingerprint density at radius 2 is 1.90 bits per heavy atom. The number of hydrogen-bond acceptors (Lipinski definition) is 5. The van der Waals surface area contributed by atoms with Gasteiger partial charge in [0.15, 0.2) is 0 Å². The van der Waals surface area contributed by atoms with Gasteiger partial charge in [0.2, 0.25) is 5.88 Å². The molecule has 1 aliphatic rings. The van der Waals surface area contributed by atoms with Crippen molar-refractivity contribution in [1.29, 1.82) is 0 Å². The van der Waals surface area contributed by atoms with Gasteiger partial charge in [-0.3, -0.25) is 0 Å². The van der Waals surface area contributed by atoms with E-state index in [9.17, 15) is 0 Å². The monoisotopic (exact) mass is 418 g/mol. The van der Waals surface area contributed by atoms with Crippen molar-refractivity contribution in [3.8, 4) is 5.88 Å². The van der Waals surface area contributed by atoms with E-state index in [1.807, 2.05) is 82.3 Å². The molecule has 5 nitrogen and oxygen atoms in total. The predicted octanol–water partition coefficient (Wildman–Crippen LogP) is 6.27. The van der Waals surface area contributed by atoms with E-state index in [1.165, 1.54) is 6.20 Å². The summed E-state index contributed by atoms with van der Waals surface area (Å²) in [5, 5.41) is 3.43. The summed E-state index contributed by atoms with van der Waals surface area (Å²) in [4.78, 5) is 9.37. The number of benzene rings is 1.